The Morgan fingerprint density at radius 1 is 1.35 bits per heavy atom. The third kappa shape index (κ3) is 4.69. The molecule has 4 nitrogen and oxygen atoms in total. The predicted molar refractivity (Wildman–Crippen MR) is 84.1 cm³/mol. The second-order valence-electron chi connectivity index (χ2n) is 7.03. The molecule has 0 aromatic heterocycles. The van der Waals surface area contributed by atoms with E-state index in [1.54, 1.807) is 0 Å². The van der Waals surface area contributed by atoms with Gasteiger partial charge in [0.05, 0.1) is 6.61 Å². The van der Waals surface area contributed by atoms with Crippen LogP contribution in [0.5, 0.6) is 0 Å². The van der Waals surface area contributed by atoms with Crippen LogP contribution in [-0.4, -0.2) is 76.4 Å². The van der Waals surface area contributed by atoms with E-state index in [9.17, 15) is 0 Å². The fraction of sp³-hybridized carbons (Fsp3) is 1.00. The van der Waals surface area contributed by atoms with E-state index in [1.807, 2.05) is 0 Å². The third-order valence-electron chi connectivity index (χ3n) is 4.95. The minimum atomic E-state index is 0.343. The van der Waals surface area contributed by atoms with Crippen molar-refractivity contribution in [3.05, 3.63) is 0 Å². The van der Waals surface area contributed by atoms with Gasteiger partial charge < -0.3 is 19.9 Å². The van der Waals surface area contributed by atoms with Crippen LogP contribution in [0.1, 0.15) is 26.2 Å². The van der Waals surface area contributed by atoms with Crippen molar-refractivity contribution in [2.24, 2.45) is 11.3 Å². The lowest BCUT2D eigenvalue weighted by Crippen LogP contribution is -2.45. The molecule has 2 heterocycles. The maximum Gasteiger partial charge on any atom is 0.0547 e. The number of nitrogens with one attached hydrogen (secondary N) is 1. The van der Waals surface area contributed by atoms with E-state index >= 15 is 0 Å². The largest absolute Gasteiger partial charge is 0.381 e. The molecule has 0 bridgehead atoms. The highest BCUT2D eigenvalue weighted by Crippen LogP contribution is 2.29. The Morgan fingerprint density at radius 2 is 2.10 bits per heavy atom. The Hall–Kier alpha value is -0.160. The molecule has 2 rings (SSSR count). The Labute approximate surface area is 124 Å². The highest BCUT2D eigenvalue weighted by Gasteiger charge is 2.36. The molecule has 118 valence electrons. The minimum Gasteiger partial charge on any atom is -0.381 e. The van der Waals surface area contributed by atoms with Crippen LogP contribution in [0.3, 0.4) is 0 Å². The van der Waals surface area contributed by atoms with Crippen LogP contribution in [0, 0.1) is 11.3 Å². The van der Waals surface area contributed by atoms with E-state index in [2.05, 4.69) is 36.1 Å². The van der Waals surface area contributed by atoms with Crippen molar-refractivity contribution < 1.29 is 4.74 Å². The maximum atomic E-state index is 5.69. The lowest BCUT2D eigenvalue weighted by molar-refractivity contribution is 0.103. The molecule has 1 atom stereocenters. The molecule has 0 aromatic rings. The molecule has 0 amide bonds. The Balaban J connectivity index is 1.77. The number of hydrogen-bond acceptors (Lipinski definition) is 4. The van der Waals surface area contributed by atoms with Crippen LogP contribution in [0.2, 0.25) is 0 Å². The average molecular weight is 283 g/mol. The lowest BCUT2D eigenvalue weighted by Gasteiger charge is -2.36. The quantitative estimate of drug-likeness (QED) is 0.762. The highest BCUT2D eigenvalue weighted by molar-refractivity contribution is 4.88. The number of nitrogens with zero attached hydrogens (tertiary/aromatic N) is 2. The monoisotopic (exact) mass is 283 g/mol. The van der Waals surface area contributed by atoms with Gasteiger partial charge in [-0.1, -0.05) is 6.92 Å². The molecule has 20 heavy (non-hydrogen) atoms. The van der Waals surface area contributed by atoms with Crippen molar-refractivity contribution in [3.8, 4) is 0 Å². The van der Waals surface area contributed by atoms with Crippen LogP contribution in [0.25, 0.3) is 0 Å². The van der Waals surface area contributed by atoms with Crippen LogP contribution >= 0.6 is 0 Å². The average Bonchev–Trinajstić information content (AvgIpc) is 2.88. The zero-order valence-electron chi connectivity index (χ0n) is 13.7. The van der Waals surface area contributed by atoms with Gasteiger partial charge in [-0.3, -0.25) is 0 Å². The molecule has 2 aliphatic rings. The zero-order chi connectivity index (χ0) is 14.4. The number of ether oxygens (including phenoxy) is 1. The van der Waals surface area contributed by atoms with Gasteiger partial charge in [0.15, 0.2) is 0 Å². The molecular formula is C16H33N3O. The molecule has 0 aliphatic carbocycles. The van der Waals surface area contributed by atoms with Crippen molar-refractivity contribution in [3.63, 3.8) is 0 Å². The summed E-state index contributed by atoms with van der Waals surface area (Å²) in [6.45, 7) is 11.2. The molecule has 0 saturated carbocycles. The van der Waals surface area contributed by atoms with Crippen molar-refractivity contribution in [1.82, 2.24) is 15.1 Å². The first-order valence-electron chi connectivity index (χ1n) is 8.29. The summed E-state index contributed by atoms with van der Waals surface area (Å²) in [5, 5.41) is 3.53. The van der Waals surface area contributed by atoms with Crippen molar-refractivity contribution in [2.75, 3.05) is 66.6 Å². The van der Waals surface area contributed by atoms with Gasteiger partial charge in [-0.2, -0.15) is 0 Å². The summed E-state index contributed by atoms with van der Waals surface area (Å²) in [6, 6.07) is 0. The van der Waals surface area contributed by atoms with E-state index < -0.39 is 0 Å². The van der Waals surface area contributed by atoms with Crippen LogP contribution in [-0.2, 0) is 4.74 Å². The summed E-state index contributed by atoms with van der Waals surface area (Å²) in [5.74, 6) is 0.884. The Kier molecular flexibility index (Phi) is 6.27. The summed E-state index contributed by atoms with van der Waals surface area (Å²) in [7, 11) is 4.53. The fourth-order valence-electron chi connectivity index (χ4n) is 3.68. The Morgan fingerprint density at radius 3 is 2.70 bits per heavy atom. The number of likely N-dealkylation sites (tertiary alicyclic amines) is 1. The third-order valence-corrected chi connectivity index (χ3v) is 4.95. The summed E-state index contributed by atoms with van der Waals surface area (Å²) in [6.07, 6.45) is 3.92. The van der Waals surface area contributed by atoms with Gasteiger partial charge in [-0.15, -0.1) is 0 Å². The molecular weight excluding hydrogens is 250 g/mol. The van der Waals surface area contributed by atoms with Gasteiger partial charge in [0.25, 0.3) is 0 Å². The van der Waals surface area contributed by atoms with Gasteiger partial charge in [0, 0.05) is 31.7 Å². The molecule has 0 radical (unpaired) electrons. The number of hydrogen-bond donors (Lipinski definition) is 1. The summed E-state index contributed by atoms with van der Waals surface area (Å²) >= 11 is 0. The lowest BCUT2D eigenvalue weighted by atomic mass is 9.86. The first-order valence-corrected chi connectivity index (χ1v) is 8.29. The Bertz CT molecular complexity index is 271. The van der Waals surface area contributed by atoms with Gasteiger partial charge in [-0.05, 0) is 58.9 Å². The van der Waals surface area contributed by atoms with Gasteiger partial charge >= 0.3 is 0 Å². The summed E-state index contributed by atoms with van der Waals surface area (Å²) in [4.78, 5) is 5.01. The maximum absolute atomic E-state index is 5.69. The summed E-state index contributed by atoms with van der Waals surface area (Å²) in [5.41, 5.74) is 0.343. The van der Waals surface area contributed by atoms with E-state index in [1.165, 1.54) is 45.4 Å². The highest BCUT2D eigenvalue weighted by atomic mass is 16.5. The molecule has 1 N–H and O–H groups in total. The van der Waals surface area contributed by atoms with Crippen molar-refractivity contribution in [2.45, 2.75) is 26.2 Å². The van der Waals surface area contributed by atoms with Gasteiger partial charge in [0.2, 0.25) is 0 Å². The molecule has 2 aliphatic heterocycles. The standard InChI is InChI=1S/C16H33N3O/c1-4-17-12-16(7-10-20-14-16)13-19(3)11-15-5-8-18(2)9-6-15/h15,17H,4-14H2,1-3H3. The van der Waals surface area contributed by atoms with Crippen LogP contribution in [0.15, 0.2) is 0 Å². The summed E-state index contributed by atoms with van der Waals surface area (Å²) < 4.78 is 5.69. The normalized spacial score (nSPS) is 29.4. The van der Waals surface area contributed by atoms with Crippen LogP contribution in [0.4, 0.5) is 0 Å². The molecule has 0 spiro atoms. The predicted octanol–water partition coefficient (Wildman–Crippen LogP) is 1.28. The topological polar surface area (TPSA) is 27.7 Å². The second kappa shape index (κ2) is 7.74. The van der Waals surface area contributed by atoms with Crippen LogP contribution < -0.4 is 5.32 Å². The fourth-order valence-corrected chi connectivity index (χ4v) is 3.68. The van der Waals surface area contributed by atoms with Crippen molar-refractivity contribution in [1.29, 1.82) is 0 Å². The smallest absolute Gasteiger partial charge is 0.0547 e. The molecule has 1 unspecified atom stereocenters. The number of piperidine rings is 1. The number of rotatable bonds is 7. The van der Waals surface area contributed by atoms with E-state index in [0.29, 0.717) is 5.41 Å². The SMILES string of the molecule is CCNCC1(CN(C)CC2CCN(C)CC2)CCOC1. The van der Waals surface area contributed by atoms with E-state index in [-0.39, 0.29) is 0 Å². The second-order valence-corrected chi connectivity index (χ2v) is 7.03. The van der Waals surface area contributed by atoms with E-state index in [0.717, 1.165) is 32.2 Å². The van der Waals surface area contributed by atoms with E-state index in [4.69, 9.17) is 4.74 Å². The van der Waals surface area contributed by atoms with Gasteiger partial charge in [0.1, 0.15) is 0 Å². The molecule has 4 heteroatoms. The first kappa shape index (κ1) is 16.2. The van der Waals surface area contributed by atoms with Crippen molar-refractivity contribution >= 4 is 0 Å². The molecule has 2 saturated heterocycles. The molecule has 0 aromatic carbocycles. The molecule has 2 fully saturated rings. The first-order chi connectivity index (χ1) is 9.63. The minimum absolute atomic E-state index is 0.343. The zero-order valence-corrected chi connectivity index (χ0v) is 13.7. The van der Waals surface area contributed by atoms with Gasteiger partial charge in [-0.25, -0.2) is 0 Å².